The first-order valence-corrected chi connectivity index (χ1v) is 6.64. The van der Waals surface area contributed by atoms with E-state index in [1.807, 2.05) is 18.7 Å². The van der Waals surface area contributed by atoms with Gasteiger partial charge in [0.15, 0.2) is 0 Å². The van der Waals surface area contributed by atoms with E-state index in [1.54, 1.807) is 7.05 Å². The van der Waals surface area contributed by atoms with Gasteiger partial charge in [0.1, 0.15) is 5.54 Å². The van der Waals surface area contributed by atoms with Crippen LogP contribution in [0, 0.1) is 0 Å². The van der Waals surface area contributed by atoms with E-state index in [0.717, 1.165) is 31.8 Å². The zero-order valence-corrected chi connectivity index (χ0v) is 11.1. The minimum atomic E-state index is -0.550. The molecule has 0 aliphatic carbocycles. The van der Waals surface area contributed by atoms with Crippen molar-refractivity contribution in [3.8, 4) is 0 Å². The lowest BCUT2D eigenvalue weighted by molar-refractivity contribution is -0.148. The third-order valence-corrected chi connectivity index (χ3v) is 4.24. The summed E-state index contributed by atoms with van der Waals surface area (Å²) < 4.78 is 9.89. The Balaban J connectivity index is 2.19. The Morgan fingerprint density at radius 3 is 2.75 bits per heavy atom. The Morgan fingerprint density at radius 1 is 1.62 bits per heavy atom. The van der Waals surface area contributed by atoms with Gasteiger partial charge in [-0.15, -0.1) is 0 Å². The molecule has 1 aliphatic rings. The quantitative estimate of drug-likeness (QED) is 0.538. The molecule has 1 N–H and O–H groups in total. The smallest absolute Gasteiger partial charge is 0.325 e. The minimum Gasteiger partial charge on any atom is -0.468 e. The largest absolute Gasteiger partial charge is 0.468 e. The topological polar surface area (TPSA) is 47.6 Å². The van der Waals surface area contributed by atoms with E-state index in [9.17, 15) is 4.79 Å². The Bertz CT molecular complexity index is 233. The van der Waals surface area contributed by atoms with Crippen LogP contribution in [0.15, 0.2) is 0 Å². The van der Waals surface area contributed by atoms with Crippen LogP contribution in [0.1, 0.15) is 19.8 Å². The molecule has 4 nitrogen and oxygen atoms in total. The van der Waals surface area contributed by atoms with Crippen molar-refractivity contribution in [2.24, 2.45) is 0 Å². The van der Waals surface area contributed by atoms with Gasteiger partial charge in [0.25, 0.3) is 0 Å². The van der Waals surface area contributed by atoms with E-state index in [2.05, 4.69) is 5.32 Å². The number of hydrogen-bond acceptors (Lipinski definition) is 5. The second kappa shape index (κ2) is 6.47. The van der Waals surface area contributed by atoms with Gasteiger partial charge in [-0.3, -0.25) is 4.79 Å². The molecule has 0 bridgehead atoms. The summed E-state index contributed by atoms with van der Waals surface area (Å²) in [4.78, 5) is 11.5. The van der Waals surface area contributed by atoms with E-state index >= 15 is 0 Å². The van der Waals surface area contributed by atoms with Gasteiger partial charge in [-0.25, -0.2) is 0 Å². The molecule has 5 heteroatoms. The number of hydrogen-bond donors (Lipinski definition) is 1. The Kier molecular flexibility index (Phi) is 5.58. The van der Waals surface area contributed by atoms with Crippen LogP contribution in [0.2, 0.25) is 0 Å². The second-order valence-electron chi connectivity index (χ2n) is 4.21. The molecular formula is C11H21NO3S. The van der Waals surface area contributed by atoms with Gasteiger partial charge in [-0.1, -0.05) is 0 Å². The van der Waals surface area contributed by atoms with Crippen LogP contribution >= 0.6 is 11.8 Å². The number of carbonyl (C=O) groups is 1. The number of nitrogens with one attached hydrogen (secondary N) is 1. The predicted molar refractivity (Wildman–Crippen MR) is 65.8 cm³/mol. The number of thioether (sulfide) groups is 1. The highest BCUT2D eigenvalue weighted by molar-refractivity contribution is 8.00. The maximum atomic E-state index is 11.5. The van der Waals surface area contributed by atoms with E-state index in [4.69, 9.17) is 9.47 Å². The summed E-state index contributed by atoms with van der Waals surface area (Å²) in [5, 5.41) is 3.70. The van der Waals surface area contributed by atoms with Crippen molar-refractivity contribution < 1.29 is 14.3 Å². The Labute approximate surface area is 101 Å². The van der Waals surface area contributed by atoms with Gasteiger partial charge < -0.3 is 14.8 Å². The third-order valence-electron chi connectivity index (χ3n) is 2.97. The van der Waals surface area contributed by atoms with Crippen molar-refractivity contribution in [1.82, 2.24) is 5.32 Å². The van der Waals surface area contributed by atoms with E-state index in [1.165, 1.54) is 7.11 Å². The van der Waals surface area contributed by atoms with E-state index in [-0.39, 0.29) is 5.97 Å². The van der Waals surface area contributed by atoms with Gasteiger partial charge in [-0.2, -0.15) is 11.8 Å². The van der Waals surface area contributed by atoms with Crippen LogP contribution < -0.4 is 5.32 Å². The van der Waals surface area contributed by atoms with Crippen molar-refractivity contribution in [2.45, 2.75) is 30.6 Å². The van der Waals surface area contributed by atoms with Crippen LogP contribution in [-0.2, 0) is 14.3 Å². The van der Waals surface area contributed by atoms with Crippen molar-refractivity contribution >= 4 is 17.7 Å². The van der Waals surface area contributed by atoms with Gasteiger partial charge in [0.2, 0.25) is 0 Å². The number of rotatable bonds is 7. The molecule has 0 spiro atoms. The molecule has 0 saturated carbocycles. The SMILES string of the molecule is CNC(C)(CCCSC1COC1)C(=O)OC. The Morgan fingerprint density at radius 2 is 2.31 bits per heavy atom. The maximum absolute atomic E-state index is 11.5. The summed E-state index contributed by atoms with van der Waals surface area (Å²) in [7, 11) is 3.22. The van der Waals surface area contributed by atoms with Crippen molar-refractivity contribution in [2.75, 3.05) is 33.1 Å². The van der Waals surface area contributed by atoms with Gasteiger partial charge in [0, 0.05) is 0 Å². The average Bonchev–Trinajstić information content (AvgIpc) is 2.24. The van der Waals surface area contributed by atoms with Crippen molar-refractivity contribution in [3.05, 3.63) is 0 Å². The van der Waals surface area contributed by atoms with Crippen molar-refractivity contribution in [1.29, 1.82) is 0 Å². The van der Waals surface area contributed by atoms with E-state index < -0.39 is 5.54 Å². The highest BCUT2D eigenvalue weighted by atomic mass is 32.2. The first-order chi connectivity index (χ1) is 7.62. The predicted octanol–water partition coefficient (Wildman–Crippen LogP) is 1.05. The first-order valence-electron chi connectivity index (χ1n) is 5.59. The molecule has 1 rings (SSSR count). The molecule has 1 fully saturated rings. The second-order valence-corrected chi connectivity index (χ2v) is 5.62. The van der Waals surface area contributed by atoms with Crippen LogP contribution in [0.4, 0.5) is 0 Å². The molecule has 0 aromatic heterocycles. The van der Waals surface area contributed by atoms with Crippen LogP contribution in [0.3, 0.4) is 0 Å². The lowest BCUT2D eigenvalue weighted by Gasteiger charge is -2.28. The zero-order chi connectivity index (χ0) is 12.0. The van der Waals surface area contributed by atoms with Crippen LogP contribution in [0.25, 0.3) is 0 Å². The summed E-state index contributed by atoms with van der Waals surface area (Å²) in [6.45, 7) is 3.64. The molecule has 0 radical (unpaired) electrons. The number of carbonyl (C=O) groups excluding carboxylic acids is 1. The number of methoxy groups -OCH3 is 1. The fourth-order valence-corrected chi connectivity index (χ4v) is 2.57. The highest BCUT2D eigenvalue weighted by Crippen LogP contribution is 2.22. The standard InChI is InChI=1S/C11H21NO3S/c1-11(12-2,10(13)14-3)5-4-6-16-9-7-15-8-9/h9,12H,4-8H2,1-3H3. The molecule has 0 aromatic rings. The van der Waals surface area contributed by atoms with Gasteiger partial charge in [-0.05, 0) is 32.6 Å². The molecule has 16 heavy (non-hydrogen) atoms. The first kappa shape index (κ1) is 13.8. The molecule has 1 saturated heterocycles. The summed E-state index contributed by atoms with van der Waals surface area (Å²) in [5.74, 6) is 0.884. The summed E-state index contributed by atoms with van der Waals surface area (Å²) >= 11 is 1.93. The molecule has 0 aromatic carbocycles. The summed E-state index contributed by atoms with van der Waals surface area (Å²) in [6.07, 6.45) is 1.81. The Hall–Kier alpha value is -0.260. The zero-order valence-electron chi connectivity index (χ0n) is 10.2. The average molecular weight is 247 g/mol. The van der Waals surface area contributed by atoms with E-state index in [0.29, 0.717) is 5.25 Å². The molecule has 1 atom stereocenters. The monoisotopic (exact) mass is 247 g/mol. The number of likely N-dealkylation sites (N-methyl/N-ethyl adjacent to an activating group) is 1. The van der Waals surface area contributed by atoms with Crippen LogP contribution in [-0.4, -0.2) is 49.9 Å². The summed E-state index contributed by atoms with van der Waals surface area (Å²) in [6, 6.07) is 0. The maximum Gasteiger partial charge on any atom is 0.325 e. The lowest BCUT2D eigenvalue weighted by atomic mass is 9.97. The highest BCUT2D eigenvalue weighted by Gasteiger charge is 2.31. The fraction of sp³-hybridized carbons (Fsp3) is 0.909. The van der Waals surface area contributed by atoms with Crippen LogP contribution in [0.5, 0.6) is 0 Å². The third kappa shape index (κ3) is 3.64. The molecule has 1 unspecified atom stereocenters. The molecule has 1 heterocycles. The molecule has 0 amide bonds. The van der Waals surface area contributed by atoms with Gasteiger partial charge >= 0.3 is 5.97 Å². The lowest BCUT2D eigenvalue weighted by Crippen LogP contribution is -2.48. The minimum absolute atomic E-state index is 0.188. The van der Waals surface area contributed by atoms with Crippen molar-refractivity contribution in [3.63, 3.8) is 0 Å². The van der Waals surface area contributed by atoms with Gasteiger partial charge in [0.05, 0.1) is 25.6 Å². The summed E-state index contributed by atoms with van der Waals surface area (Å²) in [5.41, 5.74) is -0.550. The number of ether oxygens (including phenoxy) is 2. The fourth-order valence-electron chi connectivity index (χ4n) is 1.54. The molecular weight excluding hydrogens is 226 g/mol. The molecule has 94 valence electrons. The molecule has 1 aliphatic heterocycles. The number of esters is 1. The normalized spacial score (nSPS) is 19.9.